The summed E-state index contributed by atoms with van der Waals surface area (Å²) < 4.78 is 22.7. The van der Waals surface area contributed by atoms with Crippen LogP contribution < -0.4 is 14.9 Å². The number of carbonyl (C=O) groups is 2. The molecule has 0 radical (unpaired) electrons. The maximum atomic E-state index is 12.4. The van der Waals surface area contributed by atoms with E-state index in [0.29, 0.717) is 23.8 Å². The van der Waals surface area contributed by atoms with Crippen LogP contribution in [0.1, 0.15) is 38.5 Å². The first kappa shape index (κ1) is 20.3. The van der Waals surface area contributed by atoms with Crippen molar-refractivity contribution in [3.63, 3.8) is 0 Å². The van der Waals surface area contributed by atoms with E-state index >= 15 is 0 Å². The molecule has 2 amide bonds. The zero-order chi connectivity index (χ0) is 20.4. The Morgan fingerprint density at radius 2 is 1.93 bits per heavy atom. The Morgan fingerprint density at radius 1 is 1.21 bits per heavy atom. The number of amides is 2. The number of hydrogen-bond acceptors (Lipinski definition) is 4. The number of benzene rings is 1. The van der Waals surface area contributed by atoms with Gasteiger partial charge in [0.25, 0.3) is 11.3 Å². The number of rotatable bonds is 7. The lowest BCUT2D eigenvalue weighted by molar-refractivity contribution is -0.125. The molecule has 1 aliphatic carbocycles. The Labute approximate surface area is 173 Å². The lowest BCUT2D eigenvalue weighted by Gasteiger charge is -2.34. The van der Waals surface area contributed by atoms with E-state index in [1.54, 1.807) is 24.3 Å². The van der Waals surface area contributed by atoms with Crippen LogP contribution in [0.25, 0.3) is 0 Å². The number of fused-ring (bicyclic) bond motifs is 1. The summed E-state index contributed by atoms with van der Waals surface area (Å²) >= 11 is -2.40. The van der Waals surface area contributed by atoms with Crippen molar-refractivity contribution in [3.05, 3.63) is 24.3 Å². The first-order valence-corrected chi connectivity index (χ1v) is 11.4. The standard InChI is InChI=1S/C20H28N4O4S/c25-19(21-10-7-14-8-11-23(12-9-14)15-5-6-15)13-18-20(26)22-16-3-1-2-4-17(16)24(18)29(27)28/h1-4,14-15,18H,5-13H2,(H,21,25)(H,22,26)(H,27,28). The zero-order valence-corrected chi connectivity index (χ0v) is 17.2. The third-order valence-electron chi connectivity index (χ3n) is 6.12. The van der Waals surface area contributed by atoms with Gasteiger partial charge in [0.15, 0.2) is 0 Å². The molecule has 8 nitrogen and oxygen atoms in total. The lowest BCUT2D eigenvalue weighted by Crippen LogP contribution is -2.51. The van der Waals surface area contributed by atoms with Gasteiger partial charge >= 0.3 is 0 Å². The molecule has 3 N–H and O–H groups in total. The number of nitrogens with one attached hydrogen (secondary N) is 2. The number of piperidine rings is 1. The molecule has 1 saturated heterocycles. The minimum atomic E-state index is -2.40. The van der Waals surface area contributed by atoms with E-state index in [1.165, 1.54) is 25.7 Å². The molecule has 2 atom stereocenters. The molecule has 0 spiro atoms. The molecule has 29 heavy (non-hydrogen) atoms. The van der Waals surface area contributed by atoms with E-state index in [4.69, 9.17) is 0 Å². The van der Waals surface area contributed by atoms with Crippen molar-refractivity contribution in [1.29, 1.82) is 0 Å². The molecule has 3 aliphatic rings. The van der Waals surface area contributed by atoms with Gasteiger partial charge in [-0.1, -0.05) is 12.1 Å². The van der Waals surface area contributed by atoms with Gasteiger partial charge in [-0.05, 0) is 63.2 Å². The quantitative estimate of drug-likeness (QED) is 0.583. The minimum absolute atomic E-state index is 0.160. The molecular formula is C20H28N4O4S. The van der Waals surface area contributed by atoms with Crippen molar-refractivity contribution in [1.82, 2.24) is 10.2 Å². The van der Waals surface area contributed by atoms with Crippen molar-refractivity contribution in [2.24, 2.45) is 5.92 Å². The van der Waals surface area contributed by atoms with Gasteiger partial charge in [0.05, 0.1) is 17.8 Å². The SMILES string of the molecule is O=C(CC1C(=O)Nc2ccccc2N1S(=O)O)NCCC1CCN(C2CC2)CC1. The van der Waals surface area contributed by atoms with Gasteiger partial charge < -0.3 is 15.5 Å². The van der Waals surface area contributed by atoms with E-state index in [2.05, 4.69) is 15.5 Å². The molecular weight excluding hydrogens is 392 g/mol. The molecule has 0 aromatic heterocycles. The Morgan fingerprint density at radius 3 is 2.62 bits per heavy atom. The zero-order valence-electron chi connectivity index (χ0n) is 16.4. The largest absolute Gasteiger partial charge is 0.356 e. The molecule has 0 bridgehead atoms. The minimum Gasteiger partial charge on any atom is -0.356 e. The van der Waals surface area contributed by atoms with Crippen LogP contribution in [-0.2, 0) is 20.9 Å². The fourth-order valence-corrected chi connectivity index (χ4v) is 5.06. The Balaban J connectivity index is 1.27. The molecule has 2 fully saturated rings. The van der Waals surface area contributed by atoms with Crippen molar-refractivity contribution in [3.8, 4) is 0 Å². The Bertz CT molecular complexity index is 792. The fraction of sp³-hybridized carbons (Fsp3) is 0.600. The topological polar surface area (TPSA) is 102 Å². The number of nitrogens with zero attached hydrogens (tertiary/aromatic N) is 2. The first-order chi connectivity index (χ1) is 14.0. The maximum Gasteiger partial charge on any atom is 0.262 e. The predicted octanol–water partition coefficient (Wildman–Crippen LogP) is 1.72. The highest BCUT2D eigenvalue weighted by molar-refractivity contribution is 7.80. The summed E-state index contributed by atoms with van der Waals surface area (Å²) in [5.41, 5.74) is 0.905. The average Bonchev–Trinajstić information content (AvgIpc) is 3.54. The first-order valence-electron chi connectivity index (χ1n) is 10.3. The van der Waals surface area contributed by atoms with Gasteiger partial charge in [-0.15, -0.1) is 0 Å². The highest BCUT2D eigenvalue weighted by Crippen LogP contribution is 2.34. The van der Waals surface area contributed by atoms with E-state index in [-0.39, 0.29) is 12.3 Å². The van der Waals surface area contributed by atoms with Crippen LogP contribution in [-0.4, -0.2) is 57.2 Å². The molecule has 2 heterocycles. The second-order valence-corrected chi connectivity index (χ2v) is 8.99. The van der Waals surface area contributed by atoms with Gasteiger partial charge in [-0.2, -0.15) is 0 Å². The molecule has 2 aliphatic heterocycles. The molecule has 9 heteroatoms. The molecule has 1 saturated carbocycles. The summed E-state index contributed by atoms with van der Waals surface area (Å²) in [6.07, 6.45) is 5.80. The number of carbonyl (C=O) groups excluding carboxylic acids is 2. The lowest BCUT2D eigenvalue weighted by atomic mass is 9.93. The van der Waals surface area contributed by atoms with Crippen molar-refractivity contribution in [2.45, 2.75) is 50.6 Å². The third kappa shape index (κ3) is 4.79. The molecule has 4 rings (SSSR count). The second-order valence-electron chi connectivity index (χ2n) is 8.13. The molecule has 1 aromatic rings. The average molecular weight is 421 g/mol. The number of anilines is 2. The molecule has 158 valence electrons. The van der Waals surface area contributed by atoms with Crippen LogP contribution >= 0.6 is 0 Å². The molecule has 1 aromatic carbocycles. The van der Waals surface area contributed by atoms with Crippen LogP contribution in [0.2, 0.25) is 0 Å². The maximum absolute atomic E-state index is 12.4. The van der Waals surface area contributed by atoms with E-state index in [9.17, 15) is 18.4 Å². The number of para-hydroxylation sites is 2. The summed E-state index contributed by atoms with van der Waals surface area (Å²) in [5.74, 6) is -0.110. The van der Waals surface area contributed by atoms with Crippen molar-refractivity contribution >= 4 is 34.5 Å². The van der Waals surface area contributed by atoms with Gasteiger partial charge in [0.2, 0.25) is 11.8 Å². The van der Waals surface area contributed by atoms with E-state index in [1.807, 2.05) is 0 Å². The Hall–Kier alpha value is -1.97. The van der Waals surface area contributed by atoms with Crippen molar-refractivity contribution < 1.29 is 18.4 Å². The highest BCUT2D eigenvalue weighted by atomic mass is 32.2. The van der Waals surface area contributed by atoms with Gasteiger partial charge in [-0.3, -0.25) is 18.4 Å². The van der Waals surface area contributed by atoms with E-state index in [0.717, 1.165) is 29.9 Å². The summed E-state index contributed by atoms with van der Waals surface area (Å²) in [6, 6.07) is 6.58. The second kappa shape index (κ2) is 8.81. The summed E-state index contributed by atoms with van der Waals surface area (Å²) in [6.45, 7) is 2.88. The number of likely N-dealkylation sites (tertiary alicyclic amines) is 1. The van der Waals surface area contributed by atoms with Gasteiger partial charge in [-0.25, -0.2) is 4.21 Å². The van der Waals surface area contributed by atoms with Crippen LogP contribution in [0.5, 0.6) is 0 Å². The van der Waals surface area contributed by atoms with Crippen LogP contribution in [0, 0.1) is 5.92 Å². The number of hydrogen-bond donors (Lipinski definition) is 3. The Kier molecular flexibility index (Phi) is 6.17. The van der Waals surface area contributed by atoms with Crippen molar-refractivity contribution in [2.75, 3.05) is 29.3 Å². The summed E-state index contributed by atoms with van der Waals surface area (Å²) in [4.78, 5) is 27.4. The predicted molar refractivity (Wildman–Crippen MR) is 112 cm³/mol. The monoisotopic (exact) mass is 420 g/mol. The summed E-state index contributed by atoms with van der Waals surface area (Å²) in [7, 11) is 0. The van der Waals surface area contributed by atoms with Crippen LogP contribution in [0.4, 0.5) is 11.4 Å². The highest BCUT2D eigenvalue weighted by Gasteiger charge is 2.37. The van der Waals surface area contributed by atoms with Gasteiger partial charge in [0.1, 0.15) is 6.04 Å². The third-order valence-corrected chi connectivity index (χ3v) is 6.91. The fourth-order valence-electron chi connectivity index (χ4n) is 4.34. The van der Waals surface area contributed by atoms with E-state index < -0.39 is 23.2 Å². The normalized spacial score (nSPS) is 24.0. The molecule has 2 unspecified atom stereocenters. The summed E-state index contributed by atoms with van der Waals surface area (Å²) in [5, 5.41) is 5.60. The van der Waals surface area contributed by atoms with Gasteiger partial charge in [0, 0.05) is 12.6 Å². The smallest absolute Gasteiger partial charge is 0.262 e. The van der Waals surface area contributed by atoms with Crippen LogP contribution in [0.3, 0.4) is 0 Å². The van der Waals surface area contributed by atoms with Crippen LogP contribution in [0.15, 0.2) is 24.3 Å².